The maximum absolute atomic E-state index is 13.3. The first-order chi connectivity index (χ1) is 12.7. The predicted octanol–water partition coefficient (Wildman–Crippen LogP) is 3.77. The van der Waals surface area contributed by atoms with Crippen LogP contribution >= 0.6 is 11.3 Å². The third kappa shape index (κ3) is 2.77. The number of pyridine rings is 1. The highest BCUT2D eigenvalue weighted by atomic mass is 32.1. The van der Waals surface area contributed by atoms with Crippen LogP contribution < -0.4 is 15.5 Å². The van der Waals surface area contributed by atoms with Gasteiger partial charge in [-0.3, -0.25) is 4.79 Å². The van der Waals surface area contributed by atoms with Gasteiger partial charge in [0, 0.05) is 28.6 Å². The van der Waals surface area contributed by atoms with Crippen LogP contribution in [0.3, 0.4) is 0 Å². The number of anilines is 1. The predicted molar refractivity (Wildman–Crippen MR) is 108 cm³/mol. The number of rotatable bonds is 5. The van der Waals surface area contributed by atoms with Crippen LogP contribution in [0.25, 0.3) is 31.1 Å². The highest BCUT2D eigenvalue weighted by molar-refractivity contribution is 7.25. The smallest absolute Gasteiger partial charge is 0.196 e. The van der Waals surface area contributed by atoms with Crippen molar-refractivity contribution < 1.29 is 9.84 Å². The highest BCUT2D eigenvalue weighted by Crippen LogP contribution is 2.34. The van der Waals surface area contributed by atoms with E-state index in [9.17, 15) is 4.79 Å². The van der Waals surface area contributed by atoms with Crippen LogP contribution in [0.4, 0.5) is 5.82 Å². The molecule has 0 atom stereocenters. The second kappa shape index (κ2) is 6.90. The fourth-order valence-corrected chi connectivity index (χ4v) is 4.21. The van der Waals surface area contributed by atoms with E-state index in [4.69, 9.17) is 14.8 Å². The van der Waals surface area contributed by atoms with Crippen molar-refractivity contribution in [3.8, 4) is 5.75 Å². The third-order valence-corrected chi connectivity index (χ3v) is 5.52. The number of benzene rings is 2. The zero-order chi connectivity index (χ0) is 18.1. The molecule has 0 aliphatic rings. The van der Waals surface area contributed by atoms with Gasteiger partial charge < -0.3 is 15.2 Å². The van der Waals surface area contributed by atoms with Crippen LogP contribution in [0.1, 0.15) is 6.42 Å². The van der Waals surface area contributed by atoms with E-state index >= 15 is 0 Å². The van der Waals surface area contributed by atoms with Crippen molar-refractivity contribution in [3.63, 3.8) is 0 Å². The zero-order valence-electron chi connectivity index (χ0n) is 14.3. The first-order valence-corrected chi connectivity index (χ1v) is 9.22. The molecule has 0 saturated carbocycles. The minimum atomic E-state index is -0.0172. The summed E-state index contributed by atoms with van der Waals surface area (Å²) in [6, 6.07) is 13.2. The SMILES string of the molecule is COc1ccc2sc3c(NCCCO)nc4ccccc4c3c(=O)c2c1. The van der Waals surface area contributed by atoms with E-state index in [1.807, 2.05) is 36.4 Å². The van der Waals surface area contributed by atoms with Crippen molar-refractivity contribution in [1.82, 2.24) is 4.98 Å². The lowest BCUT2D eigenvalue weighted by Crippen LogP contribution is -2.08. The minimum absolute atomic E-state index is 0.0172. The van der Waals surface area contributed by atoms with Gasteiger partial charge in [0.2, 0.25) is 0 Å². The molecule has 2 aromatic carbocycles. The first kappa shape index (κ1) is 16.8. The summed E-state index contributed by atoms with van der Waals surface area (Å²) >= 11 is 1.54. The molecule has 0 aliphatic heterocycles. The number of nitrogens with one attached hydrogen (secondary N) is 1. The minimum Gasteiger partial charge on any atom is -0.497 e. The first-order valence-electron chi connectivity index (χ1n) is 8.41. The fourth-order valence-electron chi connectivity index (χ4n) is 3.07. The Morgan fingerprint density at radius 1 is 1.19 bits per heavy atom. The van der Waals surface area contributed by atoms with Crippen molar-refractivity contribution in [2.75, 3.05) is 25.6 Å². The Bertz CT molecular complexity index is 1170. The van der Waals surface area contributed by atoms with Crippen molar-refractivity contribution in [1.29, 1.82) is 0 Å². The summed E-state index contributed by atoms with van der Waals surface area (Å²) in [5, 5.41) is 14.5. The molecule has 0 saturated heterocycles. The van der Waals surface area contributed by atoms with E-state index in [2.05, 4.69) is 5.32 Å². The largest absolute Gasteiger partial charge is 0.497 e. The van der Waals surface area contributed by atoms with Gasteiger partial charge in [0.25, 0.3) is 0 Å². The molecular weight excluding hydrogens is 348 g/mol. The summed E-state index contributed by atoms with van der Waals surface area (Å²) in [5.41, 5.74) is 0.759. The van der Waals surface area contributed by atoms with E-state index in [1.165, 1.54) is 0 Å². The van der Waals surface area contributed by atoms with Gasteiger partial charge in [0.1, 0.15) is 11.6 Å². The summed E-state index contributed by atoms with van der Waals surface area (Å²) in [5.74, 6) is 1.35. The lowest BCUT2D eigenvalue weighted by Gasteiger charge is -2.12. The second-order valence-electron chi connectivity index (χ2n) is 5.98. The quantitative estimate of drug-likeness (QED) is 0.320. The number of aliphatic hydroxyl groups is 1. The van der Waals surface area contributed by atoms with Crippen LogP contribution in [-0.4, -0.2) is 30.4 Å². The summed E-state index contributed by atoms with van der Waals surface area (Å²) in [4.78, 5) is 18.0. The molecule has 5 nitrogen and oxygen atoms in total. The molecule has 0 radical (unpaired) electrons. The van der Waals surface area contributed by atoms with Crippen molar-refractivity contribution in [2.24, 2.45) is 0 Å². The molecule has 0 spiro atoms. The Hall–Kier alpha value is -2.70. The molecule has 0 fully saturated rings. The van der Waals surface area contributed by atoms with E-state index < -0.39 is 0 Å². The molecule has 4 aromatic rings. The monoisotopic (exact) mass is 366 g/mol. The molecule has 0 aliphatic carbocycles. The van der Waals surface area contributed by atoms with Gasteiger partial charge >= 0.3 is 0 Å². The molecular formula is C20H18N2O3S. The van der Waals surface area contributed by atoms with Gasteiger partial charge in [0.05, 0.1) is 22.7 Å². The molecule has 2 N–H and O–H groups in total. The third-order valence-electron chi connectivity index (χ3n) is 4.35. The van der Waals surface area contributed by atoms with Gasteiger partial charge in [-0.1, -0.05) is 18.2 Å². The van der Waals surface area contributed by atoms with Gasteiger partial charge in [-0.25, -0.2) is 4.98 Å². The Labute approximate surface area is 153 Å². The van der Waals surface area contributed by atoms with Crippen molar-refractivity contribution >= 4 is 48.2 Å². The van der Waals surface area contributed by atoms with Crippen LogP contribution in [0.5, 0.6) is 5.75 Å². The Morgan fingerprint density at radius 3 is 2.85 bits per heavy atom. The number of ether oxygens (including phenoxy) is 1. The molecule has 2 heterocycles. The van der Waals surface area contributed by atoms with E-state index in [1.54, 1.807) is 24.5 Å². The number of nitrogens with zero attached hydrogens (tertiary/aromatic N) is 1. The van der Waals surface area contributed by atoms with E-state index in [-0.39, 0.29) is 12.0 Å². The summed E-state index contributed by atoms with van der Waals surface area (Å²) in [7, 11) is 1.60. The normalized spacial score (nSPS) is 11.3. The maximum atomic E-state index is 13.3. The Morgan fingerprint density at radius 2 is 2.04 bits per heavy atom. The van der Waals surface area contributed by atoms with E-state index in [0.29, 0.717) is 35.3 Å². The molecule has 0 unspecified atom stereocenters. The molecule has 2 aromatic heterocycles. The zero-order valence-corrected chi connectivity index (χ0v) is 15.1. The standard InChI is InChI=1S/C20H18N2O3S/c1-25-12-7-8-16-14(11-12)18(24)17-13-5-2-3-6-15(13)22-20(19(17)26-16)21-9-4-10-23/h2-3,5-8,11,23H,4,9-10H2,1H3,(H,21,22). The summed E-state index contributed by atoms with van der Waals surface area (Å²) in [6.45, 7) is 0.704. The number of hydrogen-bond acceptors (Lipinski definition) is 6. The fraction of sp³-hybridized carbons (Fsp3) is 0.200. The van der Waals surface area contributed by atoms with E-state index in [0.717, 1.165) is 20.3 Å². The number of para-hydroxylation sites is 1. The number of aromatic nitrogens is 1. The number of methoxy groups -OCH3 is 1. The number of fused-ring (bicyclic) bond motifs is 4. The van der Waals surface area contributed by atoms with Crippen LogP contribution in [0.15, 0.2) is 47.3 Å². The summed E-state index contributed by atoms with van der Waals surface area (Å²) in [6.07, 6.45) is 0.621. The van der Waals surface area contributed by atoms with Gasteiger partial charge in [-0.2, -0.15) is 0 Å². The van der Waals surface area contributed by atoms with Crippen LogP contribution in [0.2, 0.25) is 0 Å². The average molecular weight is 366 g/mol. The average Bonchev–Trinajstić information content (AvgIpc) is 2.68. The lowest BCUT2D eigenvalue weighted by atomic mass is 10.1. The van der Waals surface area contributed by atoms with Gasteiger partial charge in [-0.05, 0) is 30.7 Å². The van der Waals surface area contributed by atoms with Crippen LogP contribution in [-0.2, 0) is 0 Å². The number of hydrogen-bond donors (Lipinski definition) is 2. The van der Waals surface area contributed by atoms with Gasteiger partial charge in [-0.15, -0.1) is 11.3 Å². The lowest BCUT2D eigenvalue weighted by molar-refractivity contribution is 0.292. The molecule has 0 bridgehead atoms. The topological polar surface area (TPSA) is 71.4 Å². The molecule has 4 rings (SSSR count). The maximum Gasteiger partial charge on any atom is 0.196 e. The molecule has 0 amide bonds. The van der Waals surface area contributed by atoms with Crippen LogP contribution in [0, 0.1) is 0 Å². The molecule has 6 heteroatoms. The summed E-state index contributed by atoms with van der Waals surface area (Å²) < 4.78 is 7.01. The number of aliphatic hydroxyl groups excluding tert-OH is 1. The Balaban J connectivity index is 2.09. The van der Waals surface area contributed by atoms with Crippen molar-refractivity contribution in [2.45, 2.75) is 6.42 Å². The molecule has 26 heavy (non-hydrogen) atoms. The Kier molecular flexibility index (Phi) is 4.44. The van der Waals surface area contributed by atoms with Crippen molar-refractivity contribution in [3.05, 3.63) is 52.7 Å². The highest BCUT2D eigenvalue weighted by Gasteiger charge is 2.15. The van der Waals surface area contributed by atoms with Gasteiger partial charge in [0.15, 0.2) is 5.43 Å². The second-order valence-corrected chi connectivity index (χ2v) is 7.03. The molecule has 132 valence electrons.